The quantitative estimate of drug-likeness (QED) is 0.0261. The van der Waals surface area contributed by atoms with Crippen molar-refractivity contribution in [1.82, 2.24) is 4.90 Å². The first-order valence-corrected chi connectivity index (χ1v) is 26.9. The van der Waals surface area contributed by atoms with Crippen LogP contribution in [-0.4, -0.2) is 94.9 Å². The average molecular weight is 880 g/mol. The second-order valence-electron chi connectivity index (χ2n) is 20.4. The predicted molar refractivity (Wildman–Crippen MR) is 264 cm³/mol. The van der Waals surface area contributed by atoms with E-state index < -0.39 is 5.41 Å². The maximum Gasteiger partial charge on any atom is 0.305 e. The SMILES string of the molecule is CCCCCCCCCCCCCC(=O)OCC(COC(=O)CCCCCCCCCCCCC)(COC(=O)CCCCCCCCCCCCC)CN(C)CCC[N+](C)(C)C. The van der Waals surface area contributed by atoms with Crippen LogP contribution in [0.2, 0.25) is 0 Å². The van der Waals surface area contributed by atoms with Gasteiger partial charge in [-0.1, -0.05) is 213 Å². The van der Waals surface area contributed by atoms with Crippen molar-refractivity contribution in [2.75, 3.05) is 67.6 Å². The molecule has 0 amide bonds. The zero-order chi connectivity index (χ0) is 45.8. The van der Waals surface area contributed by atoms with Crippen LogP contribution in [0.4, 0.5) is 0 Å². The Labute approximate surface area is 386 Å². The standard InChI is InChI=1S/C54H107N2O6/c1-8-11-14-17-20-23-26-29-32-35-38-42-51(57)60-48-54(47-55(4)45-41-46-56(5,6)7,49-61-52(58)43-39-36-33-30-27-24-21-18-15-12-9-2)50-62-53(59)44-40-37-34-31-28-25-22-19-16-13-10-3/h8-50H2,1-7H3/q+1. The summed E-state index contributed by atoms with van der Waals surface area (Å²) in [6.45, 7) is 9.30. The molecule has 0 N–H and O–H groups in total. The lowest BCUT2D eigenvalue weighted by Gasteiger charge is -2.36. The number of esters is 3. The molecule has 0 aromatic carbocycles. The summed E-state index contributed by atoms with van der Waals surface area (Å²) in [6, 6.07) is 0. The Morgan fingerprint density at radius 1 is 0.387 bits per heavy atom. The lowest BCUT2D eigenvalue weighted by atomic mass is 9.90. The smallest absolute Gasteiger partial charge is 0.305 e. The molecule has 0 atom stereocenters. The zero-order valence-electron chi connectivity index (χ0n) is 42.7. The number of carbonyl (C=O) groups excluding carboxylic acids is 3. The number of unbranched alkanes of at least 4 members (excludes halogenated alkanes) is 30. The predicted octanol–water partition coefficient (Wildman–Crippen LogP) is 14.7. The normalized spacial score (nSPS) is 12.0. The highest BCUT2D eigenvalue weighted by Crippen LogP contribution is 2.24. The summed E-state index contributed by atoms with van der Waals surface area (Å²) in [6.07, 6.45) is 42.6. The summed E-state index contributed by atoms with van der Waals surface area (Å²) in [5, 5.41) is 0. The van der Waals surface area contributed by atoms with Gasteiger partial charge < -0.3 is 23.6 Å². The van der Waals surface area contributed by atoms with Crippen LogP contribution < -0.4 is 0 Å². The number of hydrogen-bond acceptors (Lipinski definition) is 7. The molecule has 368 valence electrons. The molecule has 0 aliphatic rings. The van der Waals surface area contributed by atoms with E-state index in [1.165, 1.54) is 154 Å². The molecule has 62 heavy (non-hydrogen) atoms. The largest absolute Gasteiger partial charge is 0.465 e. The van der Waals surface area contributed by atoms with Crippen molar-refractivity contribution >= 4 is 17.9 Å². The molecule has 0 radical (unpaired) electrons. The highest BCUT2D eigenvalue weighted by atomic mass is 16.6. The minimum Gasteiger partial charge on any atom is -0.465 e. The number of quaternary nitrogens is 1. The van der Waals surface area contributed by atoms with E-state index in [0.29, 0.717) is 25.8 Å². The van der Waals surface area contributed by atoms with Gasteiger partial charge in [-0.2, -0.15) is 0 Å². The fourth-order valence-corrected chi connectivity index (χ4v) is 8.45. The summed E-state index contributed by atoms with van der Waals surface area (Å²) in [5.74, 6) is -0.673. The van der Waals surface area contributed by atoms with Crippen LogP contribution in [0, 0.1) is 5.41 Å². The fraction of sp³-hybridized carbons (Fsp3) is 0.944. The Kier molecular flexibility index (Phi) is 42.1. The molecule has 0 aromatic heterocycles. The molecule has 0 aromatic rings. The van der Waals surface area contributed by atoms with Crippen LogP contribution in [0.25, 0.3) is 0 Å². The summed E-state index contributed by atoms with van der Waals surface area (Å²) >= 11 is 0. The van der Waals surface area contributed by atoms with Gasteiger partial charge in [0.1, 0.15) is 19.8 Å². The van der Waals surface area contributed by atoms with Crippen LogP contribution in [0.3, 0.4) is 0 Å². The van der Waals surface area contributed by atoms with Crippen molar-refractivity contribution < 1.29 is 33.1 Å². The molecule has 0 heterocycles. The second kappa shape index (κ2) is 43.2. The Morgan fingerprint density at radius 3 is 0.871 bits per heavy atom. The maximum absolute atomic E-state index is 13.2. The van der Waals surface area contributed by atoms with Crippen molar-refractivity contribution in [2.45, 2.75) is 258 Å². The van der Waals surface area contributed by atoms with Gasteiger partial charge in [0.25, 0.3) is 0 Å². The Morgan fingerprint density at radius 2 is 0.629 bits per heavy atom. The Hall–Kier alpha value is -1.67. The van der Waals surface area contributed by atoms with E-state index in [1.807, 2.05) is 0 Å². The van der Waals surface area contributed by atoms with E-state index in [-0.39, 0.29) is 37.7 Å². The lowest BCUT2D eigenvalue weighted by Crippen LogP contribution is -2.48. The van der Waals surface area contributed by atoms with E-state index in [4.69, 9.17) is 14.2 Å². The molecule has 0 fully saturated rings. The molecule has 8 heteroatoms. The Bertz CT molecular complexity index is 911. The van der Waals surface area contributed by atoms with Crippen molar-refractivity contribution in [3.05, 3.63) is 0 Å². The summed E-state index contributed by atoms with van der Waals surface area (Å²) < 4.78 is 18.9. The van der Waals surface area contributed by atoms with Gasteiger partial charge in [-0.3, -0.25) is 14.4 Å². The number of ether oxygens (including phenoxy) is 3. The minimum absolute atomic E-state index is 0.0565. The van der Waals surface area contributed by atoms with Gasteiger partial charge in [0.15, 0.2) is 0 Å². The first-order valence-electron chi connectivity index (χ1n) is 26.9. The van der Waals surface area contributed by atoms with Crippen molar-refractivity contribution in [3.63, 3.8) is 0 Å². The topological polar surface area (TPSA) is 82.1 Å². The number of hydrogen-bond donors (Lipinski definition) is 0. The second-order valence-corrected chi connectivity index (χ2v) is 20.4. The Balaban J connectivity index is 5.35. The van der Waals surface area contributed by atoms with Crippen LogP contribution in [-0.2, 0) is 28.6 Å². The van der Waals surface area contributed by atoms with Gasteiger partial charge in [0.2, 0.25) is 0 Å². The van der Waals surface area contributed by atoms with Gasteiger partial charge in [0.05, 0.1) is 33.1 Å². The van der Waals surface area contributed by atoms with Crippen LogP contribution >= 0.6 is 0 Å². The van der Waals surface area contributed by atoms with E-state index in [1.54, 1.807) is 0 Å². The van der Waals surface area contributed by atoms with Gasteiger partial charge >= 0.3 is 17.9 Å². The maximum atomic E-state index is 13.2. The molecule has 0 rings (SSSR count). The van der Waals surface area contributed by atoms with Crippen molar-refractivity contribution in [1.29, 1.82) is 0 Å². The van der Waals surface area contributed by atoms with E-state index in [9.17, 15) is 14.4 Å². The first kappa shape index (κ1) is 60.3. The minimum atomic E-state index is -0.849. The van der Waals surface area contributed by atoms with E-state index in [2.05, 4.69) is 53.9 Å². The molecule has 0 bridgehead atoms. The first-order chi connectivity index (χ1) is 30.0. The van der Waals surface area contributed by atoms with Gasteiger partial charge in [-0.15, -0.1) is 0 Å². The van der Waals surface area contributed by atoms with Crippen LogP contribution in [0.5, 0.6) is 0 Å². The van der Waals surface area contributed by atoms with Gasteiger partial charge in [0, 0.05) is 38.8 Å². The fourth-order valence-electron chi connectivity index (χ4n) is 8.45. The molecule has 0 unspecified atom stereocenters. The monoisotopic (exact) mass is 880 g/mol. The molecule has 0 spiro atoms. The molecule has 0 aliphatic heterocycles. The zero-order valence-corrected chi connectivity index (χ0v) is 42.7. The summed E-state index contributed by atoms with van der Waals surface area (Å²) in [5.41, 5.74) is -0.849. The third-order valence-electron chi connectivity index (χ3n) is 12.5. The van der Waals surface area contributed by atoms with Gasteiger partial charge in [-0.25, -0.2) is 0 Å². The van der Waals surface area contributed by atoms with Gasteiger partial charge in [-0.05, 0) is 26.3 Å². The third-order valence-corrected chi connectivity index (χ3v) is 12.5. The average Bonchev–Trinajstić information content (AvgIpc) is 3.23. The van der Waals surface area contributed by atoms with Crippen molar-refractivity contribution in [3.8, 4) is 0 Å². The number of rotatable bonds is 48. The van der Waals surface area contributed by atoms with Crippen LogP contribution in [0.15, 0.2) is 0 Å². The summed E-state index contributed by atoms with van der Waals surface area (Å²) in [7, 11) is 8.66. The number of nitrogens with zero attached hydrogens (tertiary/aromatic N) is 2. The lowest BCUT2D eigenvalue weighted by molar-refractivity contribution is -0.870. The van der Waals surface area contributed by atoms with E-state index >= 15 is 0 Å². The summed E-state index contributed by atoms with van der Waals surface area (Å²) in [4.78, 5) is 41.8. The van der Waals surface area contributed by atoms with E-state index in [0.717, 1.165) is 81.8 Å². The molecular weight excluding hydrogens is 773 g/mol. The molecule has 0 saturated heterocycles. The van der Waals surface area contributed by atoms with Crippen molar-refractivity contribution in [2.24, 2.45) is 5.41 Å². The number of carbonyl (C=O) groups is 3. The highest BCUT2D eigenvalue weighted by Gasteiger charge is 2.37. The highest BCUT2D eigenvalue weighted by molar-refractivity contribution is 5.70. The van der Waals surface area contributed by atoms with Crippen LogP contribution in [0.1, 0.15) is 258 Å². The molecule has 8 nitrogen and oxygen atoms in total. The molecule has 0 saturated carbocycles. The third kappa shape index (κ3) is 42.3. The molecular formula is C54H107N2O6+. The molecule has 0 aliphatic carbocycles.